The molecule has 1 aliphatic heterocycles. The lowest BCUT2D eigenvalue weighted by molar-refractivity contribution is -0.120. The molecular formula is C17H27ClIN5O. The standard InChI is InChI=1S/C17H26ClN5O.HI/c1-12(2)21-16(24)10-20-17(19-3)22-14-7-8-23(11-14)15-6-4-5-13(18)9-15;/h4-6,9,12,14H,7-8,10-11H2,1-3H3,(H,21,24)(H2,19,20,22);1H. The van der Waals surface area contributed by atoms with E-state index in [4.69, 9.17) is 11.6 Å². The van der Waals surface area contributed by atoms with E-state index < -0.39 is 0 Å². The molecule has 0 radical (unpaired) electrons. The van der Waals surface area contributed by atoms with Crippen molar-refractivity contribution in [2.45, 2.75) is 32.4 Å². The monoisotopic (exact) mass is 479 g/mol. The van der Waals surface area contributed by atoms with E-state index in [1.165, 1.54) is 0 Å². The third-order valence-electron chi connectivity index (χ3n) is 3.79. The van der Waals surface area contributed by atoms with Crippen LogP contribution in [0.5, 0.6) is 0 Å². The molecule has 1 aromatic rings. The van der Waals surface area contributed by atoms with Gasteiger partial charge in [-0.1, -0.05) is 17.7 Å². The van der Waals surface area contributed by atoms with Gasteiger partial charge in [0, 0.05) is 42.9 Å². The van der Waals surface area contributed by atoms with Gasteiger partial charge in [-0.25, -0.2) is 0 Å². The van der Waals surface area contributed by atoms with Gasteiger partial charge in [0.2, 0.25) is 5.91 Å². The molecule has 1 aliphatic rings. The first kappa shape index (κ1) is 21.8. The lowest BCUT2D eigenvalue weighted by Gasteiger charge is -2.20. The predicted octanol–water partition coefficient (Wildman–Crippen LogP) is 2.23. The first-order chi connectivity index (χ1) is 11.5. The van der Waals surface area contributed by atoms with Crippen LogP contribution in [0.15, 0.2) is 29.3 Å². The van der Waals surface area contributed by atoms with Gasteiger partial charge in [-0.05, 0) is 38.5 Å². The molecule has 0 aromatic heterocycles. The Kier molecular flexibility index (Phi) is 9.34. The highest BCUT2D eigenvalue weighted by atomic mass is 127. The van der Waals surface area contributed by atoms with Gasteiger partial charge < -0.3 is 20.9 Å². The van der Waals surface area contributed by atoms with E-state index >= 15 is 0 Å². The van der Waals surface area contributed by atoms with Crippen LogP contribution in [0.25, 0.3) is 0 Å². The van der Waals surface area contributed by atoms with Crippen molar-refractivity contribution in [3.05, 3.63) is 29.3 Å². The molecule has 1 atom stereocenters. The number of aliphatic imine (C=N–C) groups is 1. The maximum absolute atomic E-state index is 11.7. The number of hydrogen-bond donors (Lipinski definition) is 3. The lowest BCUT2D eigenvalue weighted by Crippen LogP contribution is -2.48. The highest BCUT2D eigenvalue weighted by Crippen LogP contribution is 2.23. The SMILES string of the molecule is CN=C(NCC(=O)NC(C)C)NC1CCN(c2cccc(Cl)c2)C1.I. The van der Waals surface area contributed by atoms with E-state index in [1.807, 2.05) is 32.0 Å². The van der Waals surface area contributed by atoms with Crippen LogP contribution in [-0.2, 0) is 4.79 Å². The molecule has 6 nitrogen and oxygen atoms in total. The van der Waals surface area contributed by atoms with Crippen molar-refractivity contribution in [3.8, 4) is 0 Å². The summed E-state index contributed by atoms with van der Waals surface area (Å²) in [6, 6.07) is 8.31. The number of anilines is 1. The van der Waals surface area contributed by atoms with Crippen LogP contribution in [0.2, 0.25) is 5.02 Å². The molecule has 2 rings (SSSR count). The van der Waals surface area contributed by atoms with Crippen molar-refractivity contribution < 1.29 is 4.79 Å². The van der Waals surface area contributed by atoms with E-state index in [0.717, 1.165) is 30.2 Å². The van der Waals surface area contributed by atoms with Gasteiger partial charge >= 0.3 is 0 Å². The number of carbonyl (C=O) groups excluding carboxylic acids is 1. The Morgan fingerprint density at radius 2 is 2.20 bits per heavy atom. The van der Waals surface area contributed by atoms with E-state index in [2.05, 4.69) is 31.9 Å². The van der Waals surface area contributed by atoms with Crippen molar-refractivity contribution in [3.63, 3.8) is 0 Å². The molecule has 0 aliphatic carbocycles. The van der Waals surface area contributed by atoms with Crippen molar-refractivity contribution in [2.24, 2.45) is 4.99 Å². The maximum Gasteiger partial charge on any atom is 0.239 e. The normalized spacial score (nSPS) is 17.2. The zero-order chi connectivity index (χ0) is 17.5. The molecule has 0 spiro atoms. The van der Waals surface area contributed by atoms with E-state index in [0.29, 0.717) is 5.96 Å². The summed E-state index contributed by atoms with van der Waals surface area (Å²) in [5.41, 5.74) is 1.13. The zero-order valence-electron chi connectivity index (χ0n) is 14.9. The number of amides is 1. The first-order valence-corrected chi connectivity index (χ1v) is 8.62. The molecular weight excluding hydrogens is 453 g/mol. The first-order valence-electron chi connectivity index (χ1n) is 8.25. The minimum absolute atomic E-state index is 0. The summed E-state index contributed by atoms with van der Waals surface area (Å²) in [6.45, 7) is 5.92. The maximum atomic E-state index is 11.7. The molecule has 1 saturated heterocycles. The molecule has 140 valence electrons. The number of benzene rings is 1. The van der Waals surface area contributed by atoms with Crippen molar-refractivity contribution in [2.75, 3.05) is 31.6 Å². The highest BCUT2D eigenvalue weighted by molar-refractivity contribution is 14.0. The Hall–Kier alpha value is -1.22. The molecule has 0 saturated carbocycles. The van der Waals surface area contributed by atoms with Gasteiger partial charge in [-0.15, -0.1) is 24.0 Å². The Balaban J connectivity index is 0.00000312. The second-order valence-electron chi connectivity index (χ2n) is 6.20. The molecule has 0 bridgehead atoms. The van der Waals surface area contributed by atoms with Crippen LogP contribution in [-0.4, -0.2) is 50.6 Å². The summed E-state index contributed by atoms with van der Waals surface area (Å²) in [6.07, 6.45) is 1.01. The summed E-state index contributed by atoms with van der Waals surface area (Å²) in [5.74, 6) is 0.603. The molecule has 3 N–H and O–H groups in total. The predicted molar refractivity (Wildman–Crippen MR) is 115 cm³/mol. The Morgan fingerprint density at radius 1 is 1.44 bits per heavy atom. The summed E-state index contributed by atoms with van der Waals surface area (Å²) >= 11 is 6.06. The Morgan fingerprint density at radius 3 is 2.84 bits per heavy atom. The quantitative estimate of drug-likeness (QED) is 0.344. The average Bonchev–Trinajstić information content (AvgIpc) is 2.99. The summed E-state index contributed by atoms with van der Waals surface area (Å²) < 4.78 is 0. The molecule has 1 fully saturated rings. The second-order valence-corrected chi connectivity index (χ2v) is 6.64. The van der Waals surface area contributed by atoms with Gasteiger partial charge in [0.05, 0.1) is 6.54 Å². The number of nitrogens with zero attached hydrogens (tertiary/aromatic N) is 2. The fraction of sp³-hybridized carbons (Fsp3) is 0.529. The van der Waals surface area contributed by atoms with Crippen LogP contribution in [0.1, 0.15) is 20.3 Å². The molecule has 1 heterocycles. The number of nitrogens with one attached hydrogen (secondary N) is 3. The largest absolute Gasteiger partial charge is 0.369 e. The second kappa shape index (κ2) is 10.7. The van der Waals surface area contributed by atoms with Crippen molar-refractivity contribution in [1.82, 2.24) is 16.0 Å². The smallest absolute Gasteiger partial charge is 0.239 e. The van der Waals surface area contributed by atoms with Crippen LogP contribution in [0.3, 0.4) is 0 Å². The molecule has 1 amide bonds. The van der Waals surface area contributed by atoms with Gasteiger partial charge in [-0.3, -0.25) is 9.79 Å². The van der Waals surface area contributed by atoms with E-state index in [1.54, 1.807) is 7.05 Å². The molecule has 1 aromatic carbocycles. The number of rotatable bonds is 5. The summed E-state index contributed by atoms with van der Waals surface area (Å²) in [7, 11) is 1.71. The Labute approximate surface area is 171 Å². The van der Waals surface area contributed by atoms with Gasteiger partial charge in [-0.2, -0.15) is 0 Å². The number of halogens is 2. The highest BCUT2D eigenvalue weighted by Gasteiger charge is 2.23. The van der Waals surface area contributed by atoms with Gasteiger partial charge in [0.15, 0.2) is 5.96 Å². The van der Waals surface area contributed by atoms with E-state index in [-0.39, 0.29) is 48.5 Å². The average molecular weight is 480 g/mol. The van der Waals surface area contributed by atoms with Crippen LogP contribution < -0.4 is 20.9 Å². The number of hydrogen-bond acceptors (Lipinski definition) is 3. The third kappa shape index (κ3) is 7.27. The van der Waals surface area contributed by atoms with Gasteiger partial charge in [0.25, 0.3) is 0 Å². The lowest BCUT2D eigenvalue weighted by atomic mass is 10.2. The van der Waals surface area contributed by atoms with Crippen molar-refractivity contribution in [1.29, 1.82) is 0 Å². The molecule has 1 unspecified atom stereocenters. The van der Waals surface area contributed by atoms with Crippen LogP contribution in [0, 0.1) is 0 Å². The van der Waals surface area contributed by atoms with E-state index in [9.17, 15) is 4.79 Å². The topological polar surface area (TPSA) is 68.8 Å². The minimum atomic E-state index is -0.0417. The fourth-order valence-electron chi connectivity index (χ4n) is 2.71. The van der Waals surface area contributed by atoms with Crippen LogP contribution >= 0.6 is 35.6 Å². The minimum Gasteiger partial charge on any atom is -0.369 e. The summed E-state index contributed by atoms with van der Waals surface area (Å²) in [4.78, 5) is 18.2. The third-order valence-corrected chi connectivity index (χ3v) is 4.03. The number of carbonyl (C=O) groups is 1. The summed E-state index contributed by atoms with van der Waals surface area (Å²) in [5, 5.41) is 10.0. The van der Waals surface area contributed by atoms with Crippen molar-refractivity contribution >= 4 is 53.1 Å². The zero-order valence-corrected chi connectivity index (χ0v) is 18.0. The van der Waals surface area contributed by atoms with Crippen LogP contribution in [0.4, 0.5) is 5.69 Å². The van der Waals surface area contributed by atoms with Gasteiger partial charge in [0.1, 0.15) is 0 Å². The molecule has 8 heteroatoms. The Bertz CT molecular complexity index is 596. The number of guanidine groups is 1. The fourth-order valence-corrected chi connectivity index (χ4v) is 2.89. The molecule has 25 heavy (non-hydrogen) atoms.